The average molecular weight is 340 g/mol. The molecule has 1 unspecified atom stereocenters. The highest BCUT2D eigenvalue weighted by Crippen LogP contribution is 2.20. The topological polar surface area (TPSA) is 46.1 Å². The minimum Gasteiger partial charge on any atom is -0.381 e. The van der Waals surface area contributed by atoms with Crippen LogP contribution in [0.3, 0.4) is 0 Å². The van der Waals surface area contributed by atoms with E-state index in [0.29, 0.717) is 12.0 Å². The maximum absolute atomic E-state index is 6.05. The van der Waals surface area contributed by atoms with Crippen LogP contribution in [0.2, 0.25) is 0 Å². The summed E-state index contributed by atoms with van der Waals surface area (Å²) < 4.78 is 11.5. The first-order chi connectivity index (χ1) is 11.8. The Hall–Kier alpha value is -0.810. The predicted octanol–water partition coefficient (Wildman–Crippen LogP) is 3.05. The first-order valence-electron chi connectivity index (χ1n) is 9.90. The lowest BCUT2D eigenvalue weighted by molar-refractivity contribution is 0.0411. The molecule has 5 nitrogen and oxygen atoms in total. The Labute approximate surface area is 148 Å². The molecule has 140 valence electrons. The molecule has 2 rings (SSSR count). The summed E-state index contributed by atoms with van der Waals surface area (Å²) in [6.07, 6.45) is 12.0. The number of nitrogens with zero attached hydrogens (tertiary/aromatic N) is 2. The molecule has 0 spiro atoms. The molecule has 0 aromatic carbocycles. The van der Waals surface area contributed by atoms with Crippen LogP contribution in [0, 0.1) is 5.92 Å². The lowest BCUT2D eigenvalue weighted by atomic mass is 10.1. The van der Waals surface area contributed by atoms with Crippen LogP contribution in [0.25, 0.3) is 0 Å². The number of rotatable bonds is 8. The van der Waals surface area contributed by atoms with Gasteiger partial charge in [-0.2, -0.15) is 0 Å². The highest BCUT2D eigenvalue weighted by atomic mass is 16.5. The number of guanidine groups is 1. The van der Waals surface area contributed by atoms with Crippen molar-refractivity contribution in [3.8, 4) is 0 Å². The molecule has 1 saturated heterocycles. The minimum absolute atomic E-state index is 0.521. The van der Waals surface area contributed by atoms with Crippen LogP contribution in [0.1, 0.15) is 57.8 Å². The molecule has 1 heterocycles. The third-order valence-electron chi connectivity index (χ3n) is 5.14. The molecule has 1 saturated carbocycles. The summed E-state index contributed by atoms with van der Waals surface area (Å²) in [5, 5.41) is 3.47. The zero-order valence-electron chi connectivity index (χ0n) is 15.8. The fourth-order valence-corrected chi connectivity index (χ4v) is 3.67. The first-order valence-corrected chi connectivity index (χ1v) is 9.90. The fourth-order valence-electron chi connectivity index (χ4n) is 3.67. The molecule has 0 aromatic rings. The second-order valence-corrected chi connectivity index (χ2v) is 7.28. The normalized spacial score (nSPS) is 23.2. The standard InChI is InChI=1S/C19H37N3O2/c1-20-19(22(2)15-17-11-14-23-16-17)21-12-7-8-13-24-18-9-5-3-4-6-10-18/h17-18H,3-16H2,1-2H3,(H,20,21). The third-order valence-corrected chi connectivity index (χ3v) is 5.14. The van der Waals surface area contributed by atoms with Crippen LogP contribution in [-0.2, 0) is 9.47 Å². The Bertz CT molecular complexity index is 349. The second-order valence-electron chi connectivity index (χ2n) is 7.28. The number of unbranched alkanes of at least 4 members (excludes halogenated alkanes) is 1. The zero-order chi connectivity index (χ0) is 17.0. The minimum atomic E-state index is 0.521. The summed E-state index contributed by atoms with van der Waals surface area (Å²) in [6.45, 7) is 4.68. The first kappa shape index (κ1) is 19.5. The van der Waals surface area contributed by atoms with Crippen LogP contribution in [0.5, 0.6) is 0 Å². The van der Waals surface area contributed by atoms with Crippen LogP contribution in [0.15, 0.2) is 4.99 Å². The number of nitrogens with one attached hydrogen (secondary N) is 1. The Balaban J connectivity index is 1.51. The van der Waals surface area contributed by atoms with Gasteiger partial charge in [0.05, 0.1) is 12.7 Å². The molecule has 1 atom stereocenters. The quantitative estimate of drug-likeness (QED) is 0.319. The van der Waals surface area contributed by atoms with E-state index in [1.807, 2.05) is 7.05 Å². The van der Waals surface area contributed by atoms with Crippen molar-refractivity contribution in [2.24, 2.45) is 10.9 Å². The second kappa shape index (κ2) is 11.7. The van der Waals surface area contributed by atoms with Gasteiger partial charge in [0.1, 0.15) is 0 Å². The SMILES string of the molecule is CN=C(NCCCCOC1CCCCCC1)N(C)CC1CCOC1. The van der Waals surface area contributed by atoms with Gasteiger partial charge in [-0.1, -0.05) is 25.7 Å². The average Bonchev–Trinajstić information content (AvgIpc) is 2.95. The Morgan fingerprint density at radius 2 is 1.96 bits per heavy atom. The molecule has 2 fully saturated rings. The van der Waals surface area contributed by atoms with E-state index in [0.717, 1.165) is 51.7 Å². The molecule has 0 radical (unpaired) electrons. The molecule has 24 heavy (non-hydrogen) atoms. The monoisotopic (exact) mass is 339 g/mol. The van der Waals surface area contributed by atoms with Gasteiger partial charge >= 0.3 is 0 Å². The van der Waals surface area contributed by atoms with Gasteiger partial charge in [-0.05, 0) is 32.1 Å². The summed E-state index contributed by atoms with van der Waals surface area (Å²) in [4.78, 5) is 6.61. The number of ether oxygens (including phenoxy) is 2. The lowest BCUT2D eigenvalue weighted by Crippen LogP contribution is -2.41. The maximum Gasteiger partial charge on any atom is 0.193 e. The third kappa shape index (κ3) is 7.39. The van der Waals surface area contributed by atoms with Crippen molar-refractivity contribution < 1.29 is 9.47 Å². The van der Waals surface area contributed by atoms with Crippen molar-refractivity contribution in [3.05, 3.63) is 0 Å². The maximum atomic E-state index is 6.05. The van der Waals surface area contributed by atoms with E-state index in [2.05, 4.69) is 22.3 Å². The van der Waals surface area contributed by atoms with E-state index in [1.165, 1.54) is 44.9 Å². The van der Waals surface area contributed by atoms with E-state index in [9.17, 15) is 0 Å². The van der Waals surface area contributed by atoms with E-state index < -0.39 is 0 Å². The Morgan fingerprint density at radius 1 is 1.17 bits per heavy atom. The smallest absolute Gasteiger partial charge is 0.193 e. The van der Waals surface area contributed by atoms with Crippen molar-refractivity contribution in [1.29, 1.82) is 0 Å². The summed E-state index contributed by atoms with van der Waals surface area (Å²) in [6, 6.07) is 0. The Morgan fingerprint density at radius 3 is 2.62 bits per heavy atom. The number of hydrogen-bond acceptors (Lipinski definition) is 3. The van der Waals surface area contributed by atoms with E-state index >= 15 is 0 Å². The molecule has 0 aromatic heterocycles. The lowest BCUT2D eigenvalue weighted by Gasteiger charge is -2.24. The molecule has 2 aliphatic rings. The Kier molecular flexibility index (Phi) is 9.51. The van der Waals surface area contributed by atoms with Crippen molar-refractivity contribution in [2.45, 2.75) is 63.9 Å². The molecular weight excluding hydrogens is 302 g/mol. The van der Waals surface area contributed by atoms with Gasteiger partial charge in [-0.15, -0.1) is 0 Å². The molecule has 1 N–H and O–H groups in total. The van der Waals surface area contributed by atoms with E-state index in [-0.39, 0.29) is 0 Å². The summed E-state index contributed by atoms with van der Waals surface area (Å²) in [7, 11) is 3.97. The van der Waals surface area contributed by atoms with Crippen LogP contribution >= 0.6 is 0 Å². The molecule has 0 amide bonds. The van der Waals surface area contributed by atoms with Crippen LogP contribution in [0.4, 0.5) is 0 Å². The highest BCUT2D eigenvalue weighted by Gasteiger charge is 2.19. The van der Waals surface area contributed by atoms with E-state index in [1.54, 1.807) is 0 Å². The summed E-state index contributed by atoms with van der Waals surface area (Å²) >= 11 is 0. The van der Waals surface area contributed by atoms with Crippen molar-refractivity contribution in [1.82, 2.24) is 10.2 Å². The van der Waals surface area contributed by atoms with E-state index in [4.69, 9.17) is 9.47 Å². The summed E-state index contributed by atoms with van der Waals surface area (Å²) in [5.41, 5.74) is 0. The van der Waals surface area contributed by atoms with Crippen LogP contribution in [-0.4, -0.2) is 64.0 Å². The van der Waals surface area contributed by atoms with Gasteiger partial charge in [-0.25, -0.2) is 0 Å². The van der Waals surface area contributed by atoms with Gasteiger partial charge < -0.3 is 19.7 Å². The van der Waals surface area contributed by atoms with Crippen LogP contribution < -0.4 is 5.32 Å². The molecular formula is C19H37N3O2. The molecule has 1 aliphatic heterocycles. The largest absolute Gasteiger partial charge is 0.381 e. The van der Waals surface area contributed by atoms with Gasteiger partial charge in [0.15, 0.2) is 5.96 Å². The zero-order valence-corrected chi connectivity index (χ0v) is 15.8. The number of hydrogen-bond donors (Lipinski definition) is 1. The highest BCUT2D eigenvalue weighted by molar-refractivity contribution is 5.79. The fraction of sp³-hybridized carbons (Fsp3) is 0.947. The van der Waals surface area contributed by atoms with Gasteiger partial charge in [0.2, 0.25) is 0 Å². The van der Waals surface area contributed by atoms with Crippen molar-refractivity contribution in [3.63, 3.8) is 0 Å². The number of aliphatic imine (C=N–C) groups is 1. The molecule has 5 heteroatoms. The van der Waals surface area contributed by atoms with Gasteiger partial charge in [-0.3, -0.25) is 4.99 Å². The van der Waals surface area contributed by atoms with Gasteiger partial charge in [0.25, 0.3) is 0 Å². The molecule has 0 bridgehead atoms. The van der Waals surface area contributed by atoms with Gasteiger partial charge in [0, 0.05) is 46.3 Å². The predicted molar refractivity (Wildman–Crippen MR) is 99.6 cm³/mol. The summed E-state index contributed by atoms with van der Waals surface area (Å²) in [5.74, 6) is 1.63. The molecule has 1 aliphatic carbocycles. The van der Waals surface area contributed by atoms with Crippen molar-refractivity contribution in [2.75, 3.05) is 47.0 Å². The van der Waals surface area contributed by atoms with Crippen molar-refractivity contribution >= 4 is 5.96 Å².